The van der Waals surface area contributed by atoms with Crippen molar-refractivity contribution in [2.45, 2.75) is 39.2 Å². The van der Waals surface area contributed by atoms with E-state index in [4.69, 9.17) is 0 Å². The van der Waals surface area contributed by atoms with Gasteiger partial charge in [0.2, 0.25) is 0 Å². The van der Waals surface area contributed by atoms with Crippen molar-refractivity contribution in [1.29, 1.82) is 0 Å². The fourth-order valence-electron chi connectivity index (χ4n) is 3.13. The van der Waals surface area contributed by atoms with Crippen molar-refractivity contribution in [2.75, 3.05) is 26.0 Å². The first-order chi connectivity index (χ1) is 9.31. The highest BCUT2D eigenvalue weighted by Gasteiger charge is 2.37. The lowest BCUT2D eigenvalue weighted by Gasteiger charge is -2.40. The number of aryl methyl sites for hydroxylation is 2. The van der Waals surface area contributed by atoms with E-state index in [0.717, 1.165) is 40.7 Å². The normalized spacial score (nSPS) is 20.5. The molecular formula is C16H24ClFN2O. The lowest BCUT2D eigenvalue weighted by Crippen LogP contribution is -3.00. The molecule has 2 rings (SSSR count). The Morgan fingerprint density at radius 3 is 2.33 bits per heavy atom. The number of rotatable bonds is 2. The van der Waals surface area contributed by atoms with E-state index in [0.29, 0.717) is 0 Å². The quantitative estimate of drug-likeness (QED) is 0.766. The topological polar surface area (TPSA) is 29.1 Å². The van der Waals surface area contributed by atoms with Crippen molar-refractivity contribution in [3.05, 3.63) is 29.1 Å². The summed E-state index contributed by atoms with van der Waals surface area (Å²) in [5.41, 5.74) is 2.30. The SMILES string of the molecule is Cc1cc(F)cc(C)c1NC(=O)C1CCCC[N+]1(C)C.[Cl-]. The number of quaternary nitrogens is 1. The third kappa shape index (κ3) is 3.95. The number of likely N-dealkylation sites (N-methyl/N-ethyl adjacent to an activating group) is 1. The number of nitrogens with zero attached hydrogens (tertiary/aromatic N) is 1. The summed E-state index contributed by atoms with van der Waals surface area (Å²) in [7, 11) is 4.21. The van der Waals surface area contributed by atoms with Crippen LogP contribution in [0, 0.1) is 19.7 Å². The minimum absolute atomic E-state index is 0. The summed E-state index contributed by atoms with van der Waals surface area (Å²) < 4.78 is 14.0. The van der Waals surface area contributed by atoms with Crippen molar-refractivity contribution in [2.24, 2.45) is 0 Å². The number of piperidine rings is 1. The van der Waals surface area contributed by atoms with Crippen LogP contribution >= 0.6 is 0 Å². The van der Waals surface area contributed by atoms with Gasteiger partial charge in [-0.3, -0.25) is 4.79 Å². The van der Waals surface area contributed by atoms with Crippen molar-refractivity contribution in [3.63, 3.8) is 0 Å². The third-order valence-electron chi connectivity index (χ3n) is 4.35. The zero-order chi connectivity index (χ0) is 14.9. The van der Waals surface area contributed by atoms with Gasteiger partial charge in [0.05, 0.1) is 20.6 Å². The van der Waals surface area contributed by atoms with E-state index in [9.17, 15) is 9.18 Å². The zero-order valence-corrected chi connectivity index (χ0v) is 13.9. The van der Waals surface area contributed by atoms with Gasteiger partial charge in [-0.15, -0.1) is 0 Å². The van der Waals surface area contributed by atoms with Crippen molar-refractivity contribution in [3.8, 4) is 0 Å². The largest absolute Gasteiger partial charge is 1.00 e. The molecule has 0 aliphatic carbocycles. The molecule has 3 nitrogen and oxygen atoms in total. The molecule has 0 spiro atoms. The maximum absolute atomic E-state index is 13.3. The Kier molecular flexibility index (Phi) is 5.76. The molecule has 21 heavy (non-hydrogen) atoms. The number of likely N-dealkylation sites (tertiary alicyclic amines) is 1. The van der Waals surface area contributed by atoms with Crippen LogP contribution < -0.4 is 17.7 Å². The average Bonchev–Trinajstić information content (AvgIpc) is 2.32. The summed E-state index contributed by atoms with van der Waals surface area (Å²) in [6.45, 7) is 4.68. The monoisotopic (exact) mass is 314 g/mol. The molecule has 1 amide bonds. The second-order valence-corrected chi connectivity index (χ2v) is 6.42. The molecule has 118 valence electrons. The number of halogens is 2. The van der Waals surface area contributed by atoms with E-state index >= 15 is 0 Å². The summed E-state index contributed by atoms with van der Waals surface area (Å²) in [5.74, 6) is -0.209. The minimum atomic E-state index is -0.258. The van der Waals surface area contributed by atoms with Crippen LogP contribution in [0.3, 0.4) is 0 Å². The third-order valence-corrected chi connectivity index (χ3v) is 4.35. The van der Waals surface area contributed by atoms with E-state index in [1.807, 2.05) is 13.8 Å². The van der Waals surface area contributed by atoms with Gasteiger partial charge in [0.1, 0.15) is 5.82 Å². The molecule has 1 fully saturated rings. The second-order valence-electron chi connectivity index (χ2n) is 6.42. The molecule has 1 aromatic rings. The van der Waals surface area contributed by atoms with E-state index in [-0.39, 0.29) is 30.2 Å². The van der Waals surface area contributed by atoms with Crippen molar-refractivity contribution < 1.29 is 26.1 Å². The number of hydrogen-bond acceptors (Lipinski definition) is 1. The Balaban J connectivity index is 0.00000220. The van der Waals surface area contributed by atoms with E-state index in [1.54, 1.807) is 0 Å². The van der Waals surface area contributed by atoms with Gasteiger partial charge >= 0.3 is 0 Å². The van der Waals surface area contributed by atoms with Gasteiger partial charge in [-0.25, -0.2) is 4.39 Å². The highest BCUT2D eigenvalue weighted by Crippen LogP contribution is 2.26. The number of carbonyl (C=O) groups is 1. The molecule has 1 aliphatic heterocycles. The lowest BCUT2D eigenvalue weighted by molar-refractivity contribution is -0.910. The number of nitrogens with one attached hydrogen (secondary N) is 1. The number of anilines is 1. The Bertz CT molecular complexity index is 508. The summed E-state index contributed by atoms with van der Waals surface area (Å²) in [6.07, 6.45) is 3.19. The fourth-order valence-corrected chi connectivity index (χ4v) is 3.13. The molecule has 0 saturated carbocycles. The molecule has 1 heterocycles. The molecule has 1 N–H and O–H groups in total. The van der Waals surface area contributed by atoms with Crippen LogP contribution in [0.15, 0.2) is 12.1 Å². The average molecular weight is 315 g/mol. The summed E-state index contributed by atoms with van der Waals surface area (Å²) in [5, 5.41) is 3.01. The first-order valence-electron chi connectivity index (χ1n) is 7.21. The second kappa shape index (κ2) is 6.75. The summed E-state index contributed by atoms with van der Waals surface area (Å²) in [4.78, 5) is 12.6. The number of hydrogen-bond donors (Lipinski definition) is 1. The van der Waals surface area contributed by atoms with E-state index in [2.05, 4.69) is 19.4 Å². The van der Waals surface area contributed by atoms with Gasteiger partial charge in [-0.05, 0) is 49.9 Å². The van der Waals surface area contributed by atoms with Gasteiger partial charge in [-0.2, -0.15) is 0 Å². The minimum Gasteiger partial charge on any atom is -1.00 e. The summed E-state index contributed by atoms with van der Waals surface area (Å²) in [6, 6.07) is 2.90. The molecule has 5 heteroatoms. The molecule has 0 bridgehead atoms. The smallest absolute Gasteiger partial charge is 0.282 e. The van der Waals surface area contributed by atoms with E-state index in [1.165, 1.54) is 18.6 Å². The first-order valence-corrected chi connectivity index (χ1v) is 7.21. The maximum Gasteiger partial charge on any atom is 0.282 e. The molecule has 1 saturated heterocycles. The Labute approximate surface area is 132 Å². The molecule has 1 aromatic carbocycles. The van der Waals surface area contributed by atoms with Crippen LogP contribution in [0.1, 0.15) is 30.4 Å². The maximum atomic E-state index is 13.3. The molecule has 0 aromatic heterocycles. The fraction of sp³-hybridized carbons (Fsp3) is 0.562. The number of benzene rings is 1. The summed E-state index contributed by atoms with van der Waals surface area (Å²) >= 11 is 0. The standard InChI is InChI=1S/C16H23FN2O.ClH/c1-11-9-13(17)10-12(2)15(11)18-16(20)14-7-5-6-8-19(14,3)4;/h9-10,14H,5-8H2,1-4H3;1H. The number of carbonyl (C=O) groups excluding carboxylic acids is 1. The van der Waals surface area contributed by atoms with Crippen LogP contribution in [0.2, 0.25) is 0 Å². The van der Waals surface area contributed by atoms with E-state index < -0.39 is 0 Å². The van der Waals surface area contributed by atoms with Gasteiger partial charge in [0, 0.05) is 12.1 Å². The van der Waals surface area contributed by atoms with Gasteiger partial charge in [0.15, 0.2) is 6.04 Å². The van der Waals surface area contributed by atoms with Crippen molar-refractivity contribution in [1.82, 2.24) is 0 Å². The molecule has 0 radical (unpaired) electrons. The predicted octanol–water partition coefficient (Wildman–Crippen LogP) is 0.0139. The van der Waals surface area contributed by atoms with Gasteiger partial charge in [0.25, 0.3) is 5.91 Å². The zero-order valence-electron chi connectivity index (χ0n) is 13.2. The van der Waals surface area contributed by atoms with Crippen molar-refractivity contribution >= 4 is 11.6 Å². The Morgan fingerprint density at radius 2 is 1.81 bits per heavy atom. The van der Waals surface area contributed by atoms with Crippen LogP contribution in [0.5, 0.6) is 0 Å². The molecule has 1 aliphatic rings. The molecule has 1 unspecified atom stereocenters. The highest BCUT2D eigenvalue weighted by molar-refractivity contribution is 5.95. The van der Waals surface area contributed by atoms with Crippen LogP contribution in [0.25, 0.3) is 0 Å². The van der Waals surface area contributed by atoms with Gasteiger partial charge in [-0.1, -0.05) is 0 Å². The molecule has 1 atom stereocenters. The molecular weight excluding hydrogens is 291 g/mol. The first kappa shape index (κ1) is 17.9. The van der Waals surface area contributed by atoms with Crippen LogP contribution in [-0.2, 0) is 4.79 Å². The number of amides is 1. The Hall–Kier alpha value is -1.13. The predicted molar refractivity (Wildman–Crippen MR) is 79.1 cm³/mol. The highest BCUT2D eigenvalue weighted by atomic mass is 35.5. The van der Waals surface area contributed by atoms with Gasteiger partial charge < -0.3 is 22.2 Å². The van der Waals surface area contributed by atoms with Crippen LogP contribution in [-0.4, -0.2) is 37.1 Å². The lowest BCUT2D eigenvalue weighted by atomic mass is 9.99. The Morgan fingerprint density at radius 1 is 1.24 bits per heavy atom. The van der Waals surface area contributed by atoms with Crippen LogP contribution in [0.4, 0.5) is 10.1 Å².